The molecule has 3 atom stereocenters. The van der Waals surface area contributed by atoms with E-state index in [2.05, 4.69) is 30.3 Å². The molecular formula is C12H21N3. The number of nitrogens with one attached hydrogen (secondary N) is 1. The van der Waals surface area contributed by atoms with Crippen molar-refractivity contribution in [1.82, 2.24) is 15.1 Å². The summed E-state index contributed by atoms with van der Waals surface area (Å²) in [6.45, 7) is 5.58. The molecule has 0 aromatic carbocycles. The molecule has 0 bridgehead atoms. The molecule has 1 N–H and O–H groups in total. The van der Waals surface area contributed by atoms with E-state index in [0.29, 0.717) is 6.04 Å². The smallest absolute Gasteiger partial charge is 0.0640 e. The Kier molecular flexibility index (Phi) is 3.10. The Hall–Kier alpha value is -0.830. The monoisotopic (exact) mass is 207 g/mol. The van der Waals surface area contributed by atoms with Gasteiger partial charge < -0.3 is 5.32 Å². The van der Waals surface area contributed by atoms with Crippen LogP contribution >= 0.6 is 0 Å². The van der Waals surface area contributed by atoms with E-state index in [4.69, 9.17) is 0 Å². The zero-order valence-corrected chi connectivity index (χ0v) is 9.90. The highest BCUT2D eigenvalue weighted by Crippen LogP contribution is 2.41. The van der Waals surface area contributed by atoms with Gasteiger partial charge in [-0.3, -0.25) is 4.68 Å². The van der Waals surface area contributed by atoms with E-state index in [0.717, 1.165) is 24.8 Å². The van der Waals surface area contributed by atoms with E-state index in [1.165, 1.54) is 12.1 Å². The summed E-state index contributed by atoms with van der Waals surface area (Å²) < 4.78 is 1.88. The summed E-state index contributed by atoms with van der Waals surface area (Å²) in [6, 6.07) is 2.75. The fraction of sp³-hybridized carbons (Fsp3) is 0.750. The zero-order valence-electron chi connectivity index (χ0n) is 9.90. The number of likely N-dealkylation sites (N-methyl/N-ethyl adjacent to an activating group) is 1. The molecule has 1 aliphatic carbocycles. The highest BCUT2D eigenvalue weighted by Gasteiger charge is 2.39. The van der Waals surface area contributed by atoms with Gasteiger partial charge in [0.25, 0.3) is 0 Å². The first-order valence-electron chi connectivity index (χ1n) is 5.92. The van der Waals surface area contributed by atoms with Crippen molar-refractivity contribution in [3.8, 4) is 0 Å². The van der Waals surface area contributed by atoms with E-state index < -0.39 is 0 Å². The number of aryl methyl sites for hydroxylation is 1. The first-order valence-corrected chi connectivity index (χ1v) is 5.92. The Bertz CT molecular complexity index is 318. The highest BCUT2D eigenvalue weighted by atomic mass is 15.2. The topological polar surface area (TPSA) is 29.9 Å². The Morgan fingerprint density at radius 3 is 2.87 bits per heavy atom. The van der Waals surface area contributed by atoms with Crippen LogP contribution in [-0.2, 0) is 13.5 Å². The fourth-order valence-electron chi connectivity index (χ4n) is 2.35. The molecule has 1 fully saturated rings. The minimum atomic E-state index is 0.625. The molecule has 1 aliphatic rings. The summed E-state index contributed by atoms with van der Waals surface area (Å²) in [7, 11) is 1.98. The average Bonchev–Trinajstić information content (AvgIpc) is 2.77. The van der Waals surface area contributed by atoms with E-state index in [9.17, 15) is 0 Å². The predicted molar refractivity (Wildman–Crippen MR) is 61.6 cm³/mol. The molecule has 1 aromatic heterocycles. The van der Waals surface area contributed by atoms with Gasteiger partial charge in [-0.05, 0) is 30.9 Å². The van der Waals surface area contributed by atoms with Crippen LogP contribution in [0.2, 0.25) is 0 Å². The lowest BCUT2D eigenvalue weighted by Crippen LogP contribution is -2.33. The van der Waals surface area contributed by atoms with E-state index in [1.807, 2.05) is 17.9 Å². The fourth-order valence-corrected chi connectivity index (χ4v) is 2.35. The molecule has 0 saturated heterocycles. The molecule has 3 unspecified atom stereocenters. The second kappa shape index (κ2) is 4.35. The second-order valence-corrected chi connectivity index (χ2v) is 4.73. The van der Waals surface area contributed by atoms with Crippen LogP contribution in [-0.4, -0.2) is 22.4 Å². The summed E-state index contributed by atoms with van der Waals surface area (Å²) >= 11 is 0. The molecular weight excluding hydrogens is 186 g/mol. The molecule has 15 heavy (non-hydrogen) atoms. The Morgan fingerprint density at radius 1 is 1.67 bits per heavy atom. The number of rotatable bonds is 5. The third-order valence-corrected chi connectivity index (χ3v) is 3.35. The molecule has 1 aromatic rings. The molecule has 3 heteroatoms. The average molecular weight is 207 g/mol. The van der Waals surface area contributed by atoms with Crippen LogP contribution in [0, 0.1) is 11.8 Å². The van der Waals surface area contributed by atoms with Crippen LogP contribution in [0.5, 0.6) is 0 Å². The van der Waals surface area contributed by atoms with E-state index in [-0.39, 0.29) is 0 Å². The first kappa shape index (κ1) is 10.7. The van der Waals surface area contributed by atoms with Crippen molar-refractivity contribution < 1.29 is 0 Å². The Balaban J connectivity index is 1.94. The van der Waals surface area contributed by atoms with E-state index >= 15 is 0 Å². The quantitative estimate of drug-likeness (QED) is 0.794. The summed E-state index contributed by atoms with van der Waals surface area (Å²) in [5.41, 5.74) is 1.21. The van der Waals surface area contributed by atoms with Gasteiger partial charge in [-0.25, -0.2) is 0 Å². The van der Waals surface area contributed by atoms with Gasteiger partial charge in [0, 0.05) is 25.7 Å². The van der Waals surface area contributed by atoms with Crippen LogP contribution in [0.15, 0.2) is 12.3 Å². The van der Waals surface area contributed by atoms with Crippen LogP contribution in [0.4, 0.5) is 0 Å². The lowest BCUT2D eigenvalue weighted by Gasteiger charge is -2.16. The minimum Gasteiger partial charge on any atom is -0.314 e. The standard InChI is InChI=1S/C12H21N3/c1-4-13-12(11-7-9(11)2)8-10-5-6-15(3)14-10/h5-6,9,11-13H,4,7-8H2,1-3H3. The molecule has 0 amide bonds. The normalized spacial score (nSPS) is 26.6. The van der Waals surface area contributed by atoms with Crippen LogP contribution in [0.3, 0.4) is 0 Å². The van der Waals surface area contributed by atoms with Crippen molar-refractivity contribution in [1.29, 1.82) is 0 Å². The van der Waals surface area contributed by atoms with Gasteiger partial charge in [0.2, 0.25) is 0 Å². The van der Waals surface area contributed by atoms with Crippen LogP contribution in [0.1, 0.15) is 26.0 Å². The maximum atomic E-state index is 4.44. The molecule has 84 valence electrons. The number of hydrogen-bond donors (Lipinski definition) is 1. The molecule has 0 aliphatic heterocycles. The van der Waals surface area contributed by atoms with Gasteiger partial charge in [0.05, 0.1) is 5.69 Å². The van der Waals surface area contributed by atoms with Crippen molar-refractivity contribution in [2.24, 2.45) is 18.9 Å². The Morgan fingerprint density at radius 2 is 2.40 bits per heavy atom. The third kappa shape index (κ3) is 2.59. The number of nitrogens with zero attached hydrogens (tertiary/aromatic N) is 2. The van der Waals surface area contributed by atoms with Crippen LogP contribution in [0.25, 0.3) is 0 Å². The van der Waals surface area contributed by atoms with Crippen molar-refractivity contribution in [2.75, 3.05) is 6.54 Å². The van der Waals surface area contributed by atoms with E-state index in [1.54, 1.807) is 0 Å². The predicted octanol–water partition coefficient (Wildman–Crippen LogP) is 1.60. The summed E-state index contributed by atoms with van der Waals surface area (Å²) in [5.74, 6) is 1.77. The summed E-state index contributed by atoms with van der Waals surface area (Å²) in [5, 5.41) is 8.03. The van der Waals surface area contributed by atoms with Gasteiger partial charge in [-0.2, -0.15) is 5.10 Å². The summed E-state index contributed by atoms with van der Waals surface area (Å²) in [4.78, 5) is 0. The number of hydrogen-bond acceptors (Lipinski definition) is 2. The lowest BCUT2D eigenvalue weighted by molar-refractivity contribution is 0.449. The lowest BCUT2D eigenvalue weighted by atomic mass is 10.1. The van der Waals surface area contributed by atoms with Crippen LogP contribution < -0.4 is 5.32 Å². The van der Waals surface area contributed by atoms with Gasteiger partial charge in [-0.15, -0.1) is 0 Å². The van der Waals surface area contributed by atoms with Crippen molar-refractivity contribution in [3.63, 3.8) is 0 Å². The largest absolute Gasteiger partial charge is 0.314 e. The zero-order chi connectivity index (χ0) is 10.8. The van der Waals surface area contributed by atoms with Gasteiger partial charge in [-0.1, -0.05) is 13.8 Å². The maximum Gasteiger partial charge on any atom is 0.0640 e. The molecule has 1 saturated carbocycles. The minimum absolute atomic E-state index is 0.625. The molecule has 1 heterocycles. The summed E-state index contributed by atoms with van der Waals surface area (Å²) in [6.07, 6.45) is 4.48. The van der Waals surface area contributed by atoms with Gasteiger partial charge in [0.1, 0.15) is 0 Å². The first-order chi connectivity index (χ1) is 7.20. The molecule has 0 radical (unpaired) electrons. The van der Waals surface area contributed by atoms with Crippen molar-refractivity contribution in [2.45, 2.75) is 32.7 Å². The maximum absolute atomic E-state index is 4.44. The van der Waals surface area contributed by atoms with Crippen molar-refractivity contribution >= 4 is 0 Å². The van der Waals surface area contributed by atoms with Crippen molar-refractivity contribution in [3.05, 3.63) is 18.0 Å². The molecule has 3 nitrogen and oxygen atoms in total. The highest BCUT2D eigenvalue weighted by molar-refractivity contribution is 5.05. The van der Waals surface area contributed by atoms with Gasteiger partial charge in [0.15, 0.2) is 0 Å². The molecule has 0 spiro atoms. The molecule has 2 rings (SSSR count). The van der Waals surface area contributed by atoms with Gasteiger partial charge >= 0.3 is 0 Å². The Labute approximate surface area is 91.9 Å². The third-order valence-electron chi connectivity index (χ3n) is 3.35. The second-order valence-electron chi connectivity index (χ2n) is 4.73. The number of aromatic nitrogens is 2. The SMILES string of the molecule is CCNC(Cc1ccn(C)n1)C1CC1C.